The topological polar surface area (TPSA) is 60.9 Å². The third-order valence-corrected chi connectivity index (χ3v) is 7.37. The van der Waals surface area contributed by atoms with Gasteiger partial charge in [-0.25, -0.2) is 8.70 Å². The third-order valence-electron chi connectivity index (χ3n) is 6.37. The van der Waals surface area contributed by atoms with Crippen LogP contribution in [-0.4, -0.2) is 52.4 Å². The number of likely N-dealkylation sites (tertiary alicyclic amines) is 1. The number of carboxylic acids is 1. The molecule has 32 heavy (non-hydrogen) atoms. The molecule has 2 heterocycles. The second kappa shape index (κ2) is 7.90. The van der Waals surface area contributed by atoms with Crippen molar-refractivity contribution in [2.24, 2.45) is 5.41 Å². The number of benzene rings is 3. The fourth-order valence-electron chi connectivity index (χ4n) is 4.81. The molecule has 7 heteroatoms. The van der Waals surface area contributed by atoms with Crippen molar-refractivity contribution >= 4 is 34.6 Å². The van der Waals surface area contributed by atoms with Gasteiger partial charge in [-0.05, 0) is 65.0 Å². The Morgan fingerprint density at radius 3 is 2.47 bits per heavy atom. The van der Waals surface area contributed by atoms with Gasteiger partial charge < -0.3 is 10.0 Å². The number of amides is 1. The molecule has 2 aliphatic rings. The number of nitrogens with zero attached hydrogens (tertiary/aromatic N) is 2. The molecule has 0 unspecified atom stereocenters. The minimum Gasteiger partial charge on any atom is -0.481 e. The zero-order valence-corrected chi connectivity index (χ0v) is 18.5. The number of hydrogen-bond acceptors (Lipinski definition) is 4. The Kier molecular flexibility index (Phi) is 5.18. The summed E-state index contributed by atoms with van der Waals surface area (Å²) in [7, 11) is 0. The van der Waals surface area contributed by atoms with E-state index in [1.807, 2.05) is 23.1 Å². The minimum absolute atomic E-state index is 0.116. The molecule has 0 radical (unpaired) electrons. The van der Waals surface area contributed by atoms with Gasteiger partial charge in [0.15, 0.2) is 0 Å². The van der Waals surface area contributed by atoms with E-state index >= 15 is 0 Å². The lowest BCUT2D eigenvalue weighted by Crippen LogP contribution is -2.71. The van der Waals surface area contributed by atoms with E-state index in [1.165, 1.54) is 17.0 Å². The van der Waals surface area contributed by atoms with Gasteiger partial charge in [0.1, 0.15) is 5.82 Å². The van der Waals surface area contributed by atoms with Crippen LogP contribution in [-0.2, 0) is 11.2 Å². The first-order valence-electron chi connectivity index (χ1n) is 10.5. The number of fused-ring (bicyclic) bond motifs is 1. The fourth-order valence-corrected chi connectivity index (χ4v) is 6.07. The highest BCUT2D eigenvalue weighted by atomic mass is 32.2. The molecule has 1 amide bonds. The molecule has 0 aliphatic carbocycles. The molecule has 1 spiro atoms. The molecule has 0 saturated carbocycles. The average molecular weight is 451 g/mol. The number of rotatable bonds is 5. The summed E-state index contributed by atoms with van der Waals surface area (Å²) >= 11 is 1.73. The third kappa shape index (κ3) is 3.76. The van der Waals surface area contributed by atoms with Crippen molar-refractivity contribution in [2.75, 3.05) is 26.2 Å². The Hall–Kier alpha value is -2.90. The van der Waals surface area contributed by atoms with E-state index in [0.29, 0.717) is 40.6 Å². The van der Waals surface area contributed by atoms with E-state index in [0.717, 1.165) is 13.1 Å². The van der Waals surface area contributed by atoms with Crippen molar-refractivity contribution in [3.05, 3.63) is 77.1 Å². The summed E-state index contributed by atoms with van der Waals surface area (Å²) in [6, 6.07) is 16.3. The van der Waals surface area contributed by atoms with Gasteiger partial charge in [-0.1, -0.05) is 30.3 Å². The Morgan fingerprint density at radius 1 is 1.06 bits per heavy atom. The summed E-state index contributed by atoms with van der Waals surface area (Å²) in [5.41, 5.74) is 1.74. The normalized spacial score (nSPS) is 17.2. The summed E-state index contributed by atoms with van der Waals surface area (Å²) in [5.74, 6) is -1.52. The summed E-state index contributed by atoms with van der Waals surface area (Å²) in [4.78, 5) is 27.8. The van der Waals surface area contributed by atoms with Crippen LogP contribution in [0.2, 0.25) is 0 Å². The van der Waals surface area contributed by atoms with Crippen molar-refractivity contribution < 1.29 is 19.1 Å². The van der Waals surface area contributed by atoms with Gasteiger partial charge in [-0.15, -0.1) is 0 Å². The van der Waals surface area contributed by atoms with E-state index in [4.69, 9.17) is 0 Å². The van der Waals surface area contributed by atoms with Crippen LogP contribution in [0.4, 0.5) is 4.39 Å². The quantitative estimate of drug-likeness (QED) is 0.585. The van der Waals surface area contributed by atoms with Crippen LogP contribution in [0.3, 0.4) is 0 Å². The van der Waals surface area contributed by atoms with Crippen molar-refractivity contribution in [1.29, 1.82) is 0 Å². The van der Waals surface area contributed by atoms with Gasteiger partial charge in [0.05, 0.1) is 12.0 Å². The summed E-state index contributed by atoms with van der Waals surface area (Å²) in [5, 5.41) is 10.5. The van der Waals surface area contributed by atoms with Crippen molar-refractivity contribution in [3.63, 3.8) is 0 Å². The molecule has 164 valence electrons. The lowest BCUT2D eigenvalue weighted by Gasteiger charge is -2.59. The van der Waals surface area contributed by atoms with Gasteiger partial charge >= 0.3 is 5.97 Å². The standard InChI is InChI=1S/C25H23FN2O3S/c1-16-18(10-22(29)30)9-17-7-8-19(26)11-21(17)23(16)24(31)27-12-25(13-27)14-28(15-25)32-20-5-3-2-4-6-20/h2-9,11H,10,12-15H2,1H3,(H,29,30). The first kappa shape index (κ1) is 21.0. The fraction of sp³-hybridized carbons (Fsp3) is 0.280. The van der Waals surface area contributed by atoms with Crippen LogP contribution < -0.4 is 0 Å². The predicted octanol–water partition coefficient (Wildman–Crippen LogP) is 4.38. The van der Waals surface area contributed by atoms with E-state index in [1.54, 1.807) is 31.0 Å². The minimum atomic E-state index is -0.957. The first-order chi connectivity index (χ1) is 15.3. The number of carbonyl (C=O) groups excluding carboxylic acids is 1. The lowest BCUT2D eigenvalue weighted by molar-refractivity contribution is -0.136. The number of halogens is 1. The van der Waals surface area contributed by atoms with Crippen LogP contribution in [0.1, 0.15) is 21.5 Å². The second-order valence-electron chi connectivity index (χ2n) is 8.84. The van der Waals surface area contributed by atoms with Gasteiger partial charge in [-0.3, -0.25) is 9.59 Å². The molecule has 2 saturated heterocycles. The maximum Gasteiger partial charge on any atom is 0.307 e. The second-order valence-corrected chi connectivity index (χ2v) is 10.0. The number of aliphatic carboxylic acids is 1. The van der Waals surface area contributed by atoms with E-state index in [-0.39, 0.29) is 17.7 Å². The van der Waals surface area contributed by atoms with Crippen LogP contribution >= 0.6 is 11.9 Å². The molecular formula is C25H23FN2O3S. The predicted molar refractivity (Wildman–Crippen MR) is 122 cm³/mol. The summed E-state index contributed by atoms with van der Waals surface area (Å²) in [6.07, 6.45) is -0.172. The zero-order valence-electron chi connectivity index (χ0n) is 17.7. The Labute approximate surface area is 190 Å². The lowest BCUT2D eigenvalue weighted by atomic mass is 9.74. The Morgan fingerprint density at radius 2 is 1.78 bits per heavy atom. The Balaban J connectivity index is 1.34. The van der Waals surface area contributed by atoms with Crippen molar-refractivity contribution in [3.8, 4) is 0 Å². The first-order valence-corrected chi connectivity index (χ1v) is 11.3. The van der Waals surface area contributed by atoms with E-state index in [9.17, 15) is 19.1 Å². The van der Waals surface area contributed by atoms with Crippen LogP contribution in [0.5, 0.6) is 0 Å². The van der Waals surface area contributed by atoms with E-state index < -0.39 is 11.8 Å². The number of carboxylic acid groups (broad SMARTS) is 1. The molecule has 3 aromatic carbocycles. The largest absolute Gasteiger partial charge is 0.481 e. The molecule has 2 aliphatic heterocycles. The van der Waals surface area contributed by atoms with Crippen LogP contribution in [0, 0.1) is 18.2 Å². The molecule has 0 aromatic heterocycles. The molecule has 2 fully saturated rings. The van der Waals surface area contributed by atoms with Gasteiger partial charge in [-0.2, -0.15) is 0 Å². The monoisotopic (exact) mass is 450 g/mol. The number of carbonyl (C=O) groups is 2. The maximum atomic E-state index is 14.0. The molecule has 0 atom stereocenters. The SMILES string of the molecule is Cc1c(CC(=O)O)cc2ccc(F)cc2c1C(=O)N1CC2(CN(Sc3ccccc3)C2)C1. The Bertz CT molecular complexity index is 1220. The smallest absolute Gasteiger partial charge is 0.307 e. The van der Waals surface area contributed by atoms with Gasteiger partial charge in [0, 0.05) is 36.5 Å². The molecule has 1 N–H and O–H groups in total. The maximum absolute atomic E-state index is 14.0. The molecule has 5 nitrogen and oxygen atoms in total. The summed E-state index contributed by atoms with van der Waals surface area (Å²) in [6.45, 7) is 4.93. The summed E-state index contributed by atoms with van der Waals surface area (Å²) < 4.78 is 16.3. The highest BCUT2D eigenvalue weighted by Gasteiger charge is 2.53. The molecule has 5 rings (SSSR count). The molecule has 3 aromatic rings. The zero-order chi connectivity index (χ0) is 22.5. The average Bonchev–Trinajstić information content (AvgIpc) is 2.70. The van der Waals surface area contributed by atoms with Gasteiger partial charge in [0.2, 0.25) is 0 Å². The highest BCUT2D eigenvalue weighted by Crippen LogP contribution is 2.45. The van der Waals surface area contributed by atoms with Crippen LogP contribution in [0.15, 0.2) is 59.5 Å². The highest BCUT2D eigenvalue weighted by molar-refractivity contribution is 7.97. The van der Waals surface area contributed by atoms with E-state index in [2.05, 4.69) is 16.4 Å². The molecular weight excluding hydrogens is 427 g/mol. The van der Waals surface area contributed by atoms with Crippen molar-refractivity contribution in [1.82, 2.24) is 9.21 Å². The molecule has 0 bridgehead atoms. The van der Waals surface area contributed by atoms with Crippen LogP contribution in [0.25, 0.3) is 10.8 Å². The van der Waals surface area contributed by atoms with Gasteiger partial charge in [0.25, 0.3) is 5.91 Å². The van der Waals surface area contributed by atoms with Crippen molar-refractivity contribution in [2.45, 2.75) is 18.2 Å². The number of hydrogen-bond donors (Lipinski definition) is 1.